The van der Waals surface area contributed by atoms with Gasteiger partial charge >= 0.3 is 0 Å². The van der Waals surface area contributed by atoms with E-state index >= 15 is 0 Å². The Kier molecular flexibility index (Phi) is 8.44. The van der Waals surface area contributed by atoms with Crippen molar-refractivity contribution < 1.29 is 13.2 Å². The lowest BCUT2D eigenvalue weighted by molar-refractivity contribution is 0.0951. The number of carbonyl (C=O) groups excluding carboxylic acids is 1. The van der Waals surface area contributed by atoms with Gasteiger partial charge in [0.05, 0.1) is 4.90 Å². The van der Waals surface area contributed by atoms with Gasteiger partial charge in [-0.3, -0.25) is 4.79 Å². The summed E-state index contributed by atoms with van der Waals surface area (Å²) in [5.74, 6) is -0.170. The molecule has 2 heterocycles. The molecule has 1 aliphatic heterocycles. The van der Waals surface area contributed by atoms with Gasteiger partial charge in [-0.05, 0) is 81.4 Å². The van der Waals surface area contributed by atoms with E-state index in [1.54, 1.807) is 12.1 Å². The lowest BCUT2D eigenvalue weighted by Gasteiger charge is -2.33. The van der Waals surface area contributed by atoms with Crippen molar-refractivity contribution in [2.75, 3.05) is 19.6 Å². The van der Waals surface area contributed by atoms with Crippen LogP contribution in [0.2, 0.25) is 0 Å². The van der Waals surface area contributed by atoms with Crippen LogP contribution in [0.4, 0.5) is 0 Å². The number of thiophene rings is 1. The normalized spacial score (nSPS) is 17.7. The first kappa shape index (κ1) is 22.9. The molecule has 1 aliphatic rings. The molecule has 1 saturated heterocycles. The molecule has 2 N–H and O–H groups in total. The molecule has 1 aromatic carbocycles. The van der Waals surface area contributed by atoms with Gasteiger partial charge in [0.2, 0.25) is 10.0 Å². The van der Waals surface area contributed by atoms with Crippen molar-refractivity contribution in [1.82, 2.24) is 14.9 Å². The second-order valence-corrected chi connectivity index (χ2v) is 10.6. The summed E-state index contributed by atoms with van der Waals surface area (Å²) < 4.78 is 27.4. The highest BCUT2D eigenvalue weighted by molar-refractivity contribution is 7.89. The predicted molar refractivity (Wildman–Crippen MR) is 121 cm³/mol. The highest BCUT2D eigenvalue weighted by Gasteiger charge is 2.17. The summed E-state index contributed by atoms with van der Waals surface area (Å²) in [6.07, 6.45) is 5.91. The largest absolute Gasteiger partial charge is 0.352 e. The van der Waals surface area contributed by atoms with Gasteiger partial charge in [0.15, 0.2) is 0 Å². The Labute approximate surface area is 183 Å². The highest BCUT2D eigenvalue weighted by atomic mass is 32.2. The van der Waals surface area contributed by atoms with Gasteiger partial charge in [-0.15, -0.1) is 11.3 Å². The van der Waals surface area contributed by atoms with Crippen molar-refractivity contribution in [2.24, 2.45) is 0 Å². The van der Waals surface area contributed by atoms with Gasteiger partial charge in [0.1, 0.15) is 0 Å². The fourth-order valence-corrected chi connectivity index (χ4v) is 5.42. The van der Waals surface area contributed by atoms with Crippen LogP contribution in [-0.4, -0.2) is 44.9 Å². The number of sulfonamides is 1. The van der Waals surface area contributed by atoms with Crippen LogP contribution in [0.1, 0.15) is 54.3 Å². The average molecular weight is 450 g/mol. The molecule has 0 aliphatic carbocycles. The smallest absolute Gasteiger partial charge is 0.251 e. The van der Waals surface area contributed by atoms with Crippen LogP contribution in [0, 0.1) is 0 Å². The maximum absolute atomic E-state index is 12.4. The van der Waals surface area contributed by atoms with Crippen molar-refractivity contribution in [3.63, 3.8) is 0 Å². The van der Waals surface area contributed by atoms with Crippen LogP contribution in [0.3, 0.4) is 0 Å². The molecule has 8 heteroatoms. The number of nitrogens with one attached hydrogen (secondary N) is 2. The van der Waals surface area contributed by atoms with Crippen LogP contribution >= 0.6 is 11.3 Å². The average Bonchev–Trinajstić information content (AvgIpc) is 3.27. The first-order valence-corrected chi connectivity index (χ1v) is 13.0. The molecule has 1 aromatic heterocycles. The number of hydrogen-bond donors (Lipinski definition) is 2. The van der Waals surface area contributed by atoms with Gasteiger partial charge < -0.3 is 10.2 Å². The number of unbranched alkanes of at least 4 members (excludes halogenated alkanes) is 1. The third-order valence-corrected chi connectivity index (χ3v) is 7.84. The molecule has 6 nitrogen and oxygen atoms in total. The fourth-order valence-electron chi connectivity index (χ4n) is 3.68. The van der Waals surface area contributed by atoms with E-state index in [-0.39, 0.29) is 17.3 Å². The van der Waals surface area contributed by atoms with E-state index < -0.39 is 10.0 Å². The Balaban J connectivity index is 1.40. The molecule has 1 fully saturated rings. The minimum atomic E-state index is -3.60. The Hall–Kier alpha value is -1.74. The molecule has 1 amide bonds. The molecule has 2 aromatic rings. The van der Waals surface area contributed by atoms with E-state index in [1.165, 1.54) is 49.3 Å². The van der Waals surface area contributed by atoms with Crippen molar-refractivity contribution in [3.05, 3.63) is 52.2 Å². The summed E-state index contributed by atoms with van der Waals surface area (Å²) in [6.45, 7) is 5.46. The van der Waals surface area contributed by atoms with Gasteiger partial charge in [-0.2, -0.15) is 0 Å². The summed E-state index contributed by atoms with van der Waals surface area (Å²) in [7, 11) is -3.60. The number of nitrogens with zero attached hydrogens (tertiary/aromatic N) is 1. The van der Waals surface area contributed by atoms with E-state index in [9.17, 15) is 13.2 Å². The van der Waals surface area contributed by atoms with Crippen molar-refractivity contribution in [2.45, 2.75) is 56.5 Å². The number of carbonyl (C=O) groups is 1. The van der Waals surface area contributed by atoms with Crippen molar-refractivity contribution in [3.8, 4) is 0 Å². The van der Waals surface area contributed by atoms with Crippen molar-refractivity contribution in [1.29, 1.82) is 0 Å². The summed E-state index contributed by atoms with van der Waals surface area (Å²) in [5.41, 5.74) is 0.469. The first-order chi connectivity index (χ1) is 14.5. The molecule has 0 radical (unpaired) electrons. The summed E-state index contributed by atoms with van der Waals surface area (Å²) >= 11 is 1.50. The van der Waals surface area contributed by atoms with E-state index in [0.29, 0.717) is 18.2 Å². The Morgan fingerprint density at radius 3 is 2.67 bits per heavy atom. The second-order valence-electron chi connectivity index (χ2n) is 7.77. The minimum Gasteiger partial charge on any atom is -0.352 e. The molecular weight excluding hydrogens is 418 g/mol. The third-order valence-electron chi connectivity index (χ3n) is 5.54. The van der Waals surface area contributed by atoms with Crippen LogP contribution in [-0.2, 0) is 16.6 Å². The van der Waals surface area contributed by atoms with Gasteiger partial charge in [0.25, 0.3) is 5.91 Å². The van der Waals surface area contributed by atoms with Gasteiger partial charge in [-0.1, -0.05) is 12.5 Å². The monoisotopic (exact) mass is 449 g/mol. The van der Waals surface area contributed by atoms with E-state index in [4.69, 9.17) is 0 Å². The van der Waals surface area contributed by atoms with Gasteiger partial charge in [0, 0.05) is 29.6 Å². The van der Waals surface area contributed by atoms with E-state index in [0.717, 1.165) is 24.3 Å². The molecule has 0 saturated carbocycles. The molecule has 1 unspecified atom stereocenters. The molecule has 3 rings (SSSR count). The molecular formula is C22H31N3O3S2. The lowest BCUT2D eigenvalue weighted by Crippen LogP contribution is -2.38. The zero-order valence-corrected chi connectivity index (χ0v) is 19.1. The second kappa shape index (κ2) is 11.0. The number of hydrogen-bond acceptors (Lipinski definition) is 5. The predicted octanol–water partition coefficient (Wildman–Crippen LogP) is 3.61. The number of rotatable bonds is 10. The Morgan fingerprint density at radius 2 is 1.97 bits per heavy atom. The maximum Gasteiger partial charge on any atom is 0.251 e. The molecule has 0 spiro atoms. The SMILES string of the molecule is CC1CCCCN1CCCCNC(=O)c1ccc(S(=O)(=O)NCc2cccs2)cc1. The van der Waals surface area contributed by atoms with Crippen LogP contribution in [0.25, 0.3) is 0 Å². The number of benzene rings is 1. The minimum absolute atomic E-state index is 0.159. The fraction of sp³-hybridized carbons (Fsp3) is 0.500. The van der Waals surface area contributed by atoms with Crippen LogP contribution in [0.15, 0.2) is 46.7 Å². The molecule has 0 bridgehead atoms. The number of piperidine rings is 1. The quantitative estimate of drug-likeness (QED) is 0.543. The topological polar surface area (TPSA) is 78.5 Å². The summed E-state index contributed by atoms with van der Waals surface area (Å²) in [5, 5.41) is 4.84. The summed E-state index contributed by atoms with van der Waals surface area (Å²) in [4.78, 5) is 16.0. The van der Waals surface area contributed by atoms with Crippen LogP contribution in [0.5, 0.6) is 0 Å². The maximum atomic E-state index is 12.4. The lowest BCUT2D eigenvalue weighted by atomic mass is 10.0. The Morgan fingerprint density at radius 1 is 1.17 bits per heavy atom. The molecule has 164 valence electrons. The number of amides is 1. The third kappa shape index (κ3) is 6.63. The summed E-state index contributed by atoms with van der Waals surface area (Å²) in [6, 6.07) is 10.5. The molecule has 1 atom stereocenters. The van der Waals surface area contributed by atoms with Crippen LogP contribution < -0.4 is 10.0 Å². The number of likely N-dealkylation sites (tertiary alicyclic amines) is 1. The zero-order chi connectivity index (χ0) is 21.4. The standard InChI is InChI=1S/C22H31N3O3S2/c1-18-7-2-4-14-25(18)15-5-3-13-23-22(26)19-9-11-21(12-10-19)30(27,28)24-17-20-8-6-16-29-20/h6,8-12,16,18,24H,2-5,7,13-15,17H2,1H3,(H,23,26). The molecule has 30 heavy (non-hydrogen) atoms. The van der Waals surface area contributed by atoms with E-state index in [1.807, 2.05) is 17.5 Å². The highest BCUT2D eigenvalue weighted by Crippen LogP contribution is 2.17. The zero-order valence-electron chi connectivity index (χ0n) is 17.5. The van der Waals surface area contributed by atoms with Gasteiger partial charge in [-0.25, -0.2) is 13.1 Å². The Bertz CT molecular complexity index is 896. The van der Waals surface area contributed by atoms with E-state index in [2.05, 4.69) is 21.9 Å². The first-order valence-electron chi connectivity index (χ1n) is 10.6. The van der Waals surface area contributed by atoms with Crippen molar-refractivity contribution >= 4 is 27.3 Å².